The van der Waals surface area contributed by atoms with Crippen LogP contribution >= 0.6 is 0 Å². The first kappa shape index (κ1) is 6.96. The van der Waals surface area contributed by atoms with Gasteiger partial charge in [-0.3, -0.25) is 0 Å². The van der Waals surface area contributed by atoms with Gasteiger partial charge in [-0.05, 0) is 20.0 Å². The van der Waals surface area contributed by atoms with E-state index >= 15 is 0 Å². The molecule has 1 heteroatoms. The Kier molecular flexibility index (Phi) is 4.10. The predicted octanol–water partition coefficient (Wildman–Crippen LogP) is 1.51. The van der Waals surface area contributed by atoms with Crippen LogP contribution in [0.1, 0.15) is 19.8 Å². The SMILES string of the molecule is [CH2]N(C)CCCC. The highest BCUT2D eigenvalue weighted by atomic mass is 15.0. The van der Waals surface area contributed by atoms with Gasteiger partial charge in [0.25, 0.3) is 0 Å². The highest BCUT2D eigenvalue weighted by Gasteiger charge is 1.84. The van der Waals surface area contributed by atoms with Crippen LogP contribution in [0.5, 0.6) is 0 Å². The van der Waals surface area contributed by atoms with Crippen molar-refractivity contribution in [3.8, 4) is 0 Å². The molecule has 0 atom stereocenters. The predicted molar refractivity (Wildman–Crippen MR) is 32.9 cm³/mol. The lowest BCUT2D eigenvalue weighted by molar-refractivity contribution is 0.436. The second-order valence-electron chi connectivity index (χ2n) is 1.93. The van der Waals surface area contributed by atoms with Gasteiger partial charge in [0.15, 0.2) is 0 Å². The van der Waals surface area contributed by atoms with E-state index in [1.165, 1.54) is 12.8 Å². The molecule has 0 aliphatic rings. The monoisotopic (exact) mass is 100 g/mol. The van der Waals surface area contributed by atoms with Gasteiger partial charge < -0.3 is 4.90 Å². The Labute approximate surface area is 46.3 Å². The van der Waals surface area contributed by atoms with E-state index in [0.29, 0.717) is 0 Å². The third-order valence-electron chi connectivity index (χ3n) is 0.893. The van der Waals surface area contributed by atoms with E-state index in [2.05, 4.69) is 14.0 Å². The van der Waals surface area contributed by atoms with Crippen molar-refractivity contribution in [2.24, 2.45) is 0 Å². The first-order chi connectivity index (χ1) is 3.27. The fraction of sp³-hybridized carbons (Fsp3) is 0.833. The molecule has 1 radical (unpaired) electrons. The van der Waals surface area contributed by atoms with Crippen LogP contribution in [0.4, 0.5) is 0 Å². The third kappa shape index (κ3) is 5.96. The maximum atomic E-state index is 3.71. The molecule has 0 heterocycles. The van der Waals surface area contributed by atoms with E-state index in [-0.39, 0.29) is 0 Å². The van der Waals surface area contributed by atoms with Gasteiger partial charge in [-0.15, -0.1) is 0 Å². The first-order valence-corrected chi connectivity index (χ1v) is 2.79. The van der Waals surface area contributed by atoms with Crippen LogP contribution in [0.3, 0.4) is 0 Å². The van der Waals surface area contributed by atoms with Crippen molar-refractivity contribution in [3.05, 3.63) is 7.05 Å². The zero-order valence-corrected chi connectivity index (χ0v) is 5.28. The van der Waals surface area contributed by atoms with Crippen LogP contribution in [-0.4, -0.2) is 18.5 Å². The Bertz CT molecular complexity index is 33.2. The molecule has 43 valence electrons. The summed E-state index contributed by atoms with van der Waals surface area (Å²) >= 11 is 0. The van der Waals surface area contributed by atoms with Crippen LogP contribution < -0.4 is 0 Å². The Morgan fingerprint density at radius 2 is 2.14 bits per heavy atom. The molecule has 0 N–H and O–H groups in total. The van der Waals surface area contributed by atoms with Crippen LogP contribution in [-0.2, 0) is 0 Å². The molecule has 0 saturated carbocycles. The zero-order chi connectivity index (χ0) is 5.70. The average Bonchev–Trinajstić information content (AvgIpc) is 1.61. The van der Waals surface area contributed by atoms with Crippen molar-refractivity contribution < 1.29 is 0 Å². The maximum Gasteiger partial charge on any atom is 0.0106 e. The molecule has 0 aliphatic heterocycles. The van der Waals surface area contributed by atoms with E-state index in [4.69, 9.17) is 0 Å². The Hall–Kier alpha value is -0.0400. The molecule has 0 saturated heterocycles. The van der Waals surface area contributed by atoms with Crippen LogP contribution in [0.2, 0.25) is 0 Å². The van der Waals surface area contributed by atoms with Gasteiger partial charge in [0.1, 0.15) is 0 Å². The highest BCUT2D eigenvalue weighted by molar-refractivity contribution is 4.44. The first-order valence-electron chi connectivity index (χ1n) is 2.79. The van der Waals surface area contributed by atoms with E-state index in [0.717, 1.165) is 6.54 Å². The summed E-state index contributed by atoms with van der Waals surface area (Å²) in [6.07, 6.45) is 2.53. The molecular formula is C6H14N. The van der Waals surface area contributed by atoms with Gasteiger partial charge in [0.2, 0.25) is 0 Å². The lowest BCUT2D eigenvalue weighted by Crippen LogP contribution is -2.09. The molecular weight excluding hydrogens is 86.1 g/mol. The van der Waals surface area contributed by atoms with Crippen molar-refractivity contribution in [2.75, 3.05) is 13.6 Å². The largest absolute Gasteiger partial charge is 0.305 e. The average molecular weight is 100 g/mol. The van der Waals surface area contributed by atoms with Gasteiger partial charge in [-0.2, -0.15) is 0 Å². The van der Waals surface area contributed by atoms with E-state index < -0.39 is 0 Å². The van der Waals surface area contributed by atoms with Crippen molar-refractivity contribution >= 4 is 0 Å². The van der Waals surface area contributed by atoms with Crippen molar-refractivity contribution in [2.45, 2.75) is 19.8 Å². The quantitative estimate of drug-likeness (QED) is 0.519. The van der Waals surface area contributed by atoms with Gasteiger partial charge in [-0.1, -0.05) is 13.3 Å². The number of hydrogen-bond donors (Lipinski definition) is 0. The topological polar surface area (TPSA) is 3.24 Å². The lowest BCUT2D eigenvalue weighted by Gasteiger charge is -2.05. The van der Waals surface area contributed by atoms with E-state index in [9.17, 15) is 0 Å². The minimum absolute atomic E-state index is 1.12. The normalized spacial score (nSPS) is 10.3. The van der Waals surface area contributed by atoms with Gasteiger partial charge in [-0.25, -0.2) is 0 Å². The summed E-state index contributed by atoms with van der Waals surface area (Å²) in [6.45, 7) is 3.31. The summed E-state index contributed by atoms with van der Waals surface area (Å²) < 4.78 is 0. The molecule has 0 unspecified atom stereocenters. The molecule has 1 nitrogen and oxygen atoms in total. The zero-order valence-electron chi connectivity index (χ0n) is 5.28. The van der Waals surface area contributed by atoms with Gasteiger partial charge in [0.05, 0.1) is 0 Å². The van der Waals surface area contributed by atoms with Crippen molar-refractivity contribution in [1.29, 1.82) is 0 Å². The number of unbranched alkanes of at least 4 members (excludes halogenated alkanes) is 1. The Balaban J connectivity index is 2.68. The number of nitrogens with zero attached hydrogens (tertiary/aromatic N) is 1. The fourth-order valence-corrected chi connectivity index (χ4v) is 0.428. The summed E-state index contributed by atoms with van der Waals surface area (Å²) in [4.78, 5) is 1.96. The molecule has 0 aromatic rings. The minimum atomic E-state index is 1.12. The molecule has 0 spiro atoms. The highest BCUT2D eigenvalue weighted by Crippen LogP contribution is 1.87. The number of rotatable bonds is 3. The van der Waals surface area contributed by atoms with Crippen LogP contribution in [0.15, 0.2) is 0 Å². The third-order valence-corrected chi connectivity index (χ3v) is 0.893. The molecule has 0 fully saturated rings. The molecule has 0 rings (SSSR count). The molecule has 0 aromatic heterocycles. The van der Waals surface area contributed by atoms with Gasteiger partial charge in [0, 0.05) is 7.05 Å². The second kappa shape index (κ2) is 4.13. The van der Waals surface area contributed by atoms with Crippen LogP contribution in [0.25, 0.3) is 0 Å². The molecule has 0 aromatic carbocycles. The van der Waals surface area contributed by atoms with Crippen molar-refractivity contribution in [3.63, 3.8) is 0 Å². The smallest absolute Gasteiger partial charge is 0.0106 e. The minimum Gasteiger partial charge on any atom is -0.305 e. The lowest BCUT2D eigenvalue weighted by atomic mass is 10.3. The summed E-state index contributed by atoms with van der Waals surface area (Å²) in [5, 5.41) is 0. The standard InChI is InChI=1S/C6H14N/c1-4-5-6-7(2)3/h2,4-6H2,1,3H3. The molecule has 0 bridgehead atoms. The summed E-state index contributed by atoms with van der Waals surface area (Å²) in [5.41, 5.74) is 0. The van der Waals surface area contributed by atoms with Crippen molar-refractivity contribution in [1.82, 2.24) is 4.90 Å². The van der Waals surface area contributed by atoms with Gasteiger partial charge >= 0.3 is 0 Å². The Morgan fingerprint density at radius 1 is 1.57 bits per heavy atom. The molecule has 7 heavy (non-hydrogen) atoms. The Morgan fingerprint density at radius 3 is 2.29 bits per heavy atom. The maximum absolute atomic E-state index is 3.71. The molecule has 0 amide bonds. The van der Waals surface area contributed by atoms with E-state index in [1.54, 1.807) is 0 Å². The summed E-state index contributed by atoms with van der Waals surface area (Å²) in [7, 11) is 5.70. The second-order valence-corrected chi connectivity index (χ2v) is 1.93. The number of hydrogen-bond acceptors (Lipinski definition) is 1. The fourth-order valence-electron chi connectivity index (χ4n) is 0.428. The van der Waals surface area contributed by atoms with Crippen LogP contribution in [0, 0.1) is 7.05 Å². The van der Waals surface area contributed by atoms with E-state index in [1.807, 2.05) is 11.9 Å². The summed E-state index contributed by atoms with van der Waals surface area (Å²) in [5.74, 6) is 0. The molecule has 0 aliphatic carbocycles. The summed E-state index contributed by atoms with van der Waals surface area (Å²) in [6, 6.07) is 0.